The lowest BCUT2D eigenvalue weighted by Gasteiger charge is -2.44. The van der Waals surface area contributed by atoms with Gasteiger partial charge in [0.2, 0.25) is 0 Å². The lowest BCUT2D eigenvalue weighted by atomic mass is 10.2. The quantitative estimate of drug-likeness (QED) is 0.282. The second-order valence-electron chi connectivity index (χ2n) is 8.02. The monoisotopic (exact) mass is 508 g/mol. The fraction of sp³-hybridized carbons (Fsp3) is 0.391. The molecule has 2 rings (SSSR count). The minimum absolute atomic E-state index is 0.0305. The fourth-order valence-corrected chi connectivity index (χ4v) is 8.86. The maximum absolute atomic E-state index is 7.08. The number of unbranched alkanes of at least 4 members (excludes halogenated alkanes) is 1. The van der Waals surface area contributed by atoms with Crippen LogP contribution in [0.3, 0.4) is 0 Å². The molecule has 0 aliphatic carbocycles. The Morgan fingerprint density at radius 2 is 1.44 bits per heavy atom. The van der Waals surface area contributed by atoms with Gasteiger partial charge >= 0.3 is 0 Å². The normalized spacial score (nSPS) is 13.3. The molecule has 0 radical (unpaired) electrons. The third-order valence-electron chi connectivity index (χ3n) is 4.91. The third-order valence-corrected chi connectivity index (χ3v) is 10.7. The average molecular weight is 510 g/mol. The van der Waals surface area contributed by atoms with Gasteiger partial charge in [-0.25, -0.2) is 0 Å². The van der Waals surface area contributed by atoms with E-state index in [0.29, 0.717) is 0 Å². The van der Waals surface area contributed by atoms with E-state index in [4.69, 9.17) is 4.43 Å². The first kappa shape index (κ1) is 22.6. The van der Waals surface area contributed by atoms with Gasteiger partial charge in [0.15, 0.2) is 0 Å². The van der Waals surface area contributed by atoms with Crippen molar-refractivity contribution in [3.05, 3.63) is 70.1 Å². The van der Waals surface area contributed by atoms with E-state index in [1.807, 2.05) is 0 Å². The van der Waals surface area contributed by atoms with E-state index in [0.717, 1.165) is 22.7 Å². The minimum atomic E-state index is -2.43. The zero-order valence-electron chi connectivity index (χ0n) is 16.7. The van der Waals surface area contributed by atoms with E-state index in [2.05, 4.69) is 126 Å². The summed E-state index contributed by atoms with van der Waals surface area (Å²) < 4.78 is 8.10. The van der Waals surface area contributed by atoms with Crippen molar-refractivity contribution in [3.8, 4) is 0 Å². The molecule has 1 atom stereocenters. The summed E-state index contributed by atoms with van der Waals surface area (Å²) in [6, 6.07) is 21.7. The summed E-state index contributed by atoms with van der Waals surface area (Å²) in [4.78, 5) is 0. The molecule has 1 nitrogen and oxygen atoms in total. The molecular formula is C23H30Br2OSi. The first-order valence-electron chi connectivity index (χ1n) is 9.57. The van der Waals surface area contributed by atoms with E-state index in [-0.39, 0.29) is 11.1 Å². The van der Waals surface area contributed by atoms with Gasteiger partial charge in [-0.1, -0.05) is 87.5 Å². The zero-order valence-corrected chi connectivity index (χ0v) is 20.9. The Labute approximate surface area is 182 Å². The molecule has 27 heavy (non-hydrogen) atoms. The molecule has 0 N–H and O–H groups in total. The number of hydrogen-bond donors (Lipinski definition) is 0. The van der Waals surface area contributed by atoms with Crippen molar-refractivity contribution in [2.75, 3.05) is 0 Å². The van der Waals surface area contributed by atoms with Gasteiger partial charge < -0.3 is 4.43 Å². The van der Waals surface area contributed by atoms with Crippen molar-refractivity contribution in [3.63, 3.8) is 0 Å². The zero-order chi connectivity index (χ0) is 19.9. The molecule has 0 unspecified atom stereocenters. The van der Waals surface area contributed by atoms with Crippen molar-refractivity contribution in [1.29, 1.82) is 0 Å². The number of hydrogen-bond acceptors (Lipinski definition) is 1. The van der Waals surface area contributed by atoms with Gasteiger partial charge in [-0.15, -0.1) is 0 Å². The second-order valence-corrected chi connectivity index (χ2v) is 15.0. The Morgan fingerprint density at radius 1 is 0.963 bits per heavy atom. The smallest absolute Gasteiger partial charge is 0.261 e. The number of halogens is 2. The van der Waals surface area contributed by atoms with E-state index in [1.54, 1.807) is 0 Å². The highest BCUT2D eigenvalue weighted by Crippen LogP contribution is 2.37. The molecule has 146 valence electrons. The van der Waals surface area contributed by atoms with E-state index in [9.17, 15) is 0 Å². The van der Waals surface area contributed by atoms with Gasteiger partial charge in [0, 0.05) is 6.10 Å². The third kappa shape index (κ3) is 5.90. The van der Waals surface area contributed by atoms with Crippen LogP contribution in [0.1, 0.15) is 47.0 Å². The summed E-state index contributed by atoms with van der Waals surface area (Å²) in [5.41, 5.74) is 0. The van der Waals surface area contributed by atoms with Crippen LogP contribution in [0, 0.1) is 0 Å². The first-order valence-corrected chi connectivity index (χ1v) is 13.1. The maximum atomic E-state index is 7.08. The first-order chi connectivity index (χ1) is 12.8. The minimum Gasteiger partial charge on any atom is -0.405 e. The van der Waals surface area contributed by atoms with Crippen molar-refractivity contribution in [1.82, 2.24) is 0 Å². The Morgan fingerprint density at radius 3 is 1.85 bits per heavy atom. The molecule has 2 aromatic rings. The summed E-state index contributed by atoms with van der Waals surface area (Å²) in [6.45, 7) is 9.22. The highest BCUT2D eigenvalue weighted by molar-refractivity contribution is 9.28. The largest absolute Gasteiger partial charge is 0.405 e. The lowest BCUT2D eigenvalue weighted by Crippen LogP contribution is -2.67. The highest BCUT2D eigenvalue weighted by Gasteiger charge is 2.50. The SMILES string of the molecule is C[C@@H](CCCC=C(Br)Br)O[Si](c1ccccc1)(c1ccccc1)C(C)(C)C. The maximum Gasteiger partial charge on any atom is 0.261 e. The van der Waals surface area contributed by atoms with Crippen molar-refractivity contribution < 1.29 is 4.43 Å². The summed E-state index contributed by atoms with van der Waals surface area (Å²) in [5.74, 6) is 0. The fourth-order valence-electron chi connectivity index (χ4n) is 3.67. The molecule has 0 aliphatic rings. The standard InChI is InChI=1S/C23H30Br2OSi/c1-19(13-11-12-18-22(24)25)26-27(23(2,3)4,20-14-7-5-8-15-20)21-16-9-6-10-17-21/h5-10,14-19H,11-13H2,1-4H3/t19-/m0/s1. The topological polar surface area (TPSA) is 9.23 Å². The van der Waals surface area contributed by atoms with Crippen LogP contribution >= 0.6 is 31.9 Å². The molecule has 0 spiro atoms. The Bertz CT molecular complexity index is 680. The van der Waals surface area contributed by atoms with E-state index >= 15 is 0 Å². The van der Waals surface area contributed by atoms with Gasteiger partial charge in [-0.3, -0.25) is 0 Å². The van der Waals surface area contributed by atoms with Crippen LogP contribution in [0.4, 0.5) is 0 Å². The molecule has 0 fully saturated rings. The molecule has 0 bridgehead atoms. The molecule has 0 aromatic heterocycles. The Kier molecular flexibility index (Phi) is 8.54. The van der Waals surface area contributed by atoms with Crippen LogP contribution in [-0.2, 0) is 4.43 Å². The molecule has 0 amide bonds. The van der Waals surface area contributed by atoms with E-state index in [1.165, 1.54) is 10.4 Å². The Balaban J connectivity index is 2.39. The van der Waals surface area contributed by atoms with Crippen molar-refractivity contribution in [2.45, 2.75) is 58.1 Å². The van der Waals surface area contributed by atoms with Gasteiger partial charge in [-0.05, 0) is 73.5 Å². The van der Waals surface area contributed by atoms with Crippen molar-refractivity contribution >= 4 is 50.6 Å². The summed E-state index contributed by atoms with van der Waals surface area (Å²) in [7, 11) is -2.43. The predicted molar refractivity (Wildman–Crippen MR) is 128 cm³/mol. The molecule has 0 saturated heterocycles. The summed E-state index contributed by atoms with van der Waals surface area (Å²) >= 11 is 6.86. The van der Waals surface area contributed by atoms with Crippen LogP contribution in [0.2, 0.25) is 5.04 Å². The van der Waals surface area contributed by atoms with Crippen LogP contribution in [-0.4, -0.2) is 14.4 Å². The van der Waals surface area contributed by atoms with Crippen LogP contribution < -0.4 is 10.4 Å². The Hall–Kier alpha value is -0.683. The molecule has 2 aromatic carbocycles. The number of allylic oxidation sites excluding steroid dienone is 1. The number of benzene rings is 2. The molecule has 0 saturated carbocycles. The van der Waals surface area contributed by atoms with Gasteiger partial charge in [-0.2, -0.15) is 0 Å². The predicted octanol–water partition coefficient (Wildman–Crippen LogP) is 6.75. The summed E-state index contributed by atoms with van der Waals surface area (Å²) in [5, 5.41) is 2.72. The molecular weight excluding hydrogens is 480 g/mol. The van der Waals surface area contributed by atoms with E-state index < -0.39 is 8.32 Å². The van der Waals surface area contributed by atoms with Crippen LogP contribution in [0.5, 0.6) is 0 Å². The number of rotatable bonds is 8. The van der Waals surface area contributed by atoms with Gasteiger partial charge in [0.1, 0.15) is 0 Å². The average Bonchev–Trinajstić information content (AvgIpc) is 2.63. The van der Waals surface area contributed by atoms with Gasteiger partial charge in [0.05, 0.1) is 3.39 Å². The van der Waals surface area contributed by atoms with Gasteiger partial charge in [0.25, 0.3) is 8.32 Å². The van der Waals surface area contributed by atoms with Crippen molar-refractivity contribution in [2.24, 2.45) is 0 Å². The molecule has 4 heteroatoms. The molecule has 0 aliphatic heterocycles. The molecule has 0 heterocycles. The second kappa shape index (κ2) is 10.2. The van der Waals surface area contributed by atoms with Crippen LogP contribution in [0.25, 0.3) is 0 Å². The highest BCUT2D eigenvalue weighted by atomic mass is 79.9. The summed E-state index contributed by atoms with van der Waals surface area (Å²) in [6.07, 6.45) is 5.57. The lowest BCUT2D eigenvalue weighted by molar-refractivity contribution is 0.194. The van der Waals surface area contributed by atoms with Crippen LogP contribution in [0.15, 0.2) is 70.1 Å².